The lowest BCUT2D eigenvalue weighted by molar-refractivity contribution is 0.0979. The topological polar surface area (TPSA) is 17.1 Å². The van der Waals surface area contributed by atoms with Crippen LogP contribution in [-0.4, -0.2) is 5.78 Å². The number of benzene rings is 1. The molecule has 1 aromatic carbocycles. The summed E-state index contributed by atoms with van der Waals surface area (Å²) in [5, 5.41) is 0.822. The van der Waals surface area contributed by atoms with E-state index in [1.807, 2.05) is 0 Å². The first-order valence-corrected chi connectivity index (χ1v) is 6.60. The quantitative estimate of drug-likeness (QED) is 0.721. The third kappa shape index (κ3) is 2.91. The zero-order valence-corrected chi connectivity index (χ0v) is 10.8. The van der Waals surface area contributed by atoms with Crippen LogP contribution in [0.2, 0.25) is 0 Å². The number of halogens is 1. The summed E-state index contributed by atoms with van der Waals surface area (Å²) >= 11 is 1.45. The van der Waals surface area contributed by atoms with Crippen molar-refractivity contribution in [2.24, 2.45) is 5.92 Å². The molecule has 0 unspecified atom stereocenters. The molecule has 0 radical (unpaired) electrons. The van der Waals surface area contributed by atoms with Gasteiger partial charge in [-0.15, -0.1) is 11.3 Å². The summed E-state index contributed by atoms with van der Waals surface area (Å²) in [5.41, 5.74) is 0. The first kappa shape index (κ1) is 12.2. The molecule has 1 nitrogen and oxygen atoms in total. The molecule has 0 N–H and O–H groups in total. The highest BCUT2D eigenvalue weighted by Gasteiger charge is 2.11. The Morgan fingerprint density at radius 3 is 2.82 bits per heavy atom. The number of ketones is 1. The molecule has 1 aromatic heterocycles. The first-order valence-electron chi connectivity index (χ1n) is 5.78. The Bertz CT molecular complexity index is 542. The van der Waals surface area contributed by atoms with Gasteiger partial charge in [0.2, 0.25) is 0 Å². The van der Waals surface area contributed by atoms with Gasteiger partial charge < -0.3 is 0 Å². The molecular weight excluding hydrogens is 235 g/mol. The minimum Gasteiger partial charge on any atom is -0.293 e. The van der Waals surface area contributed by atoms with Crippen molar-refractivity contribution in [3.05, 3.63) is 35.0 Å². The van der Waals surface area contributed by atoms with Crippen molar-refractivity contribution in [1.82, 2.24) is 0 Å². The van der Waals surface area contributed by atoms with Crippen molar-refractivity contribution < 1.29 is 9.18 Å². The minimum atomic E-state index is -0.253. The molecule has 90 valence electrons. The van der Waals surface area contributed by atoms with Gasteiger partial charge in [0.25, 0.3) is 0 Å². The maximum absolute atomic E-state index is 13.0. The maximum atomic E-state index is 13.0. The number of Topliss-reactive ketones (excluding diaryl/α,β-unsaturated/α-hetero) is 1. The Morgan fingerprint density at radius 1 is 1.35 bits per heavy atom. The molecule has 0 aliphatic heterocycles. The largest absolute Gasteiger partial charge is 0.293 e. The summed E-state index contributed by atoms with van der Waals surface area (Å²) < 4.78 is 14.0. The molecule has 17 heavy (non-hydrogen) atoms. The average Bonchev–Trinajstić information content (AvgIpc) is 2.68. The van der Waals surface area contributed by atoms with Crippen molar-refractivity contribution in [1.29, 1.82) is 0 Å². The summed E-state index contributed by atoms with van der Waals surface area (Å²) in [4.78, 5) is 12.7. The zero-order valence-electron chi connectivity index (χ0n) is 10.00. The fourth-order valence-corrected chi connectivity index (χ4v) is 2.71. The van der Waals surface area contributed by atoms with Crippen LogP contribution in [0.4, 0.5) is 4.39 Å². The van der Waals surface area contributed by atoms with E-state index in [1.54, 1.807) is 12.1 Å². The van der Waals surface area contributed by atoms with Gasteiger partial charge in [-0.1, -0.05) is 13.8 Å². The van der Waals surface area contributed by atoms with Crippen LogP contribution in [0.3, 0.4) is 0 Å². The zero-order chi connectivity index (χ0) is 12.4. The number of thiophene rings is 1. The molecule has 0 saturated heterocycles. The van der Waals surface area contributed by atoms with Crippen molar-refractivity contribution in [2.45, 2.75) is 26.7 Å². The Morgan fingerprint density at radius 2 is 2.12 bits per heavy atom. The highest BCUT2D eigenvalue weighted by atomic mass is 32.1. The van der Waals surface area contributed by atoms with Crippen LogP contribution in [0, 0.1) is 11.7 Å². The highest BCUT2D eigenvalue weighted by molar-refractivity contribution is 7.20. The van der Waals surface area contributed by atoms with Crippen molar-refractivity contribution in [3.63, 3.8) is 0 Å². The van der Waals surface area contributed by atoms with E-state index in [2.05, 4.69) is 13.8 Å². The number of fused-ring (bicyclic) bond motifs is 1. The number of rotatable bonds is 4. The second-order valence-electron chi connectivity index (χ2n) is 4.65. The van der Waals surface area contributed by atoms with E-state index in [0.29, 0.717) is 12.3 Å². The van der Waals surface area contributed by atoms with Gasteiger partial charge in [0, 0.05) is 11.1 Å². The predicted octanol–water partition coefficient (Wildman–Crippen LogP) is 4.66. The standard InChI is InChI=1S/C14H15FOS/c1-9(2)3-5-12(16)14-8-10-7-11(15)4-6-13(10)17-14/h4,6-9H,3,5H2,1-2H3. The van der Waals surface area contributed by atoms with Crippen LogP contribution in [0.15, 0.2) is 24.3 Å². The molecular formula is C14H15FOS. The third-order valence-electron chi connectivity index (χ3n) is 2.70. The maximum Gasteiger partial charge on any atom is 0.172 e. The lowest BCUT2D eigenvalue weighted by Crippen LogP contribution is -1.98. The van der Waals surface area contributed by atoms with Crippen LogP contribution in [0.25, 0.3) is 10.1 Å². The Labute approximate surface area is 104 Å². The molecule has 2 aromatic rings. The second-order valence-corrected chi connectivity index (χ2v) is 5.73. The highest BCUT2D eigenvalue weighted by Crippen LogP contribution is 2.27. The Hall–Kier alpha value is -1.22. The summed E-state index contributed by atoms with van der Waals surface area (Å²) in [6.45, 7) is 4.21. The SMILES string of the molecule is CC(C)CCC(=O)c1cc2cc(F)ccc2s1. The lowest BCUT2D eigenvalue weighted by atomic mass is 10.1. The number of hydrogen-bond donors (Lipinski definition) is 0. The Kier molecular flexibility index (Phi) is 3.57. The van der Waals surface area contributed by atoms with E-state index in [0.717, 1.165) is 21.4 Å². The van der Waals surface area contributed by atoms with Crippen LogP contribution >= 0.6 is 11.3 Å². The number of carbonyl (C=O) groups excluding carboxylic acids is 1. The van der Waals surface area contributed by atoms with Gasteiger partial charge in [-0.05, 0) is 42.0 Å². The summed E-state index contributed by atoms with van der Waals surface area (Å²) in [7, 11) is 0. The number of hydrogen-bond acceptors (Lipinski definition) is 2. The van der Waals surface area contributed by atoms with Crippen LogP contribution in [0.5, 0.6) is 0 Å². The summed E-state index contributed by atoms with van der Waals surface area (Å²) in [6, 6.07) is 6.44. The smallest absolute Gasteiger partial charge is 0.172 e. The van der Waals surface area contributed by atoms with Gasteiger partial charge in [-0.3, -0.25) is 4.79 Å². The summed E-state index contributed by atoms with van der Waals surface area (Å²) in [5.74, 6) is 0.447. The molecule has 1 heterocycles. The van der Waals surface area contributed by atoms with Crippen molar-refractivity contribution in [2.75, 3.05) is 0 Å². The molecule has 0 fully saturated rings. The minimum absolute atomic E-state index is 0.167. The number of carbonyl (C=O) groups is 1. The summed E-state index contributed by atoms with van der Waals surface area (Å²) in [6.07, 6.45) is 1.48. The van der Waals surface area contributed by atoms with Gasteiger partial charge >= 0.3 is 0 Å². The van der Waals surface area contributed by atoms with Gasteiger partial charge in [-0.25, -0.2) is 4.39 Å². The van der Waals surface area contributed by atoms with Gasteiger partial charge in [0.05, 0.1) is 4.88 Å². The van der Waals surface area contributed by atoms with Crippen LogP contribution in [0.1, 0.15) is 36.4 Å². The van der Waals surface area contributed by atoms with E-state index in [1.165, 1.54) is 23.5 Å². The van der Waals surface area contributed by atoms with E-state index in [-0.39, 0.29) is 11.6 Å². The van der Waals surface area contributed by atoms with Crippen LogP contribution < -0.4 is 0 Å². The van der Waals surface area contributed by atoms with Crippen molar-refractivity contribution >= 4 is 27.2 Å². The predicted molar refractivity (Wildman–Crippen MR) is 70.2 cm³/mol. The molecule has 0 aliphatic carbocycles. The monoisotopic (exact) mass is 250 g/mol. The van der Waals surface area contributed by atoms with E-state index >= 15 is 0 Å². The first-order chi connectivity index (χ1) is 8.06. The molecule has 0 amide bonds. The molecule has 2 rings (SSSR count). The van der Waals surface area contributed by atoms with Gasteiger partial charge in [-0.2, -0.15) is 0 Å². The van der Waals surface area contributed by atoms with E-state index in [9.17, 15) is 9.18 Å². The normalized spacial score (nSPS) is 11.3. The molecule has 0 bridgehead atoms. The van der Waals surface area contributed by atoms with Crippen LogP contribution in [-0.2, 0) is 0 Å². The van der Waals surface area contributed by atoms with Crippen molar-refractivity contribution in [3.8, 4) is 0 Å². The molecule has 3 heteroatoms. The van der Waals surface area contributed by atoms with E-state index in [4.69, 9.17) is 0 Å². The average molecular weight is 250 g/mol. The van der Waals surface area contributed by atoms with E-state index < -0.39 is 0 Å². The van der Waals surface area contributed by atoms with Gasteiger partial charge in [0.1, 0.15) is 5.82 Å². The molecule has 0 spiro atoms. The molecule has 0 saturated carbocycles. The fourth-order valence-electron chi connectivity index (χ4n) is 1.69. The fraction of sp³-hybridized carbons (Fsp3) is 0.357. The molecule has 0 atom stereocenters. The second kappa shape index (κ2) is 4.96. The lowest BCUT2D eigenvalue weighted by Gasteiger charge is -2.01. The third-order valence-corrected chi connectivity index (χ3v) is 3.86. The Balaban J connectivity index is 2.21. The van der Waals surface area contributed by atoms with Gasteiger partial charge in [0.15, 0.2) is 5.78 Å². The molecule has 0 aliphatic rings.